The van der Waals surface area contributed by atoms with Gasteiger partial charge in [0.05, 0.1) is 5.69 Å². The highest BCUT2D eigenvalue weighted by molar-refractivity contribution is 6.11. The Bertz CT molecular complexity index is 789. The van der Waals surface area contributed by atoms with Crippen LogP contribution in [0.5, 0.6) is 11.6 Å². The first-order valence-electron chi connectivity index (χ1n) is 8.36. The lowest BCUT2D eigenvalue weighted by atomic mass is 10.1. The number of benzene rings is 1. The molecule has 1 aliphatic rings. The number of para-hydroxylation sites is 2. The molecule has 6 heteroatoms. The minimum Gasteiger partial charge on any atom is -0.436 e. The van der Waals surface area contributed by atoms with Gasteiger partial charge in [0.2, 0.25) is 11.8 Å². The van der Waals surface area contributed by atoms with Crippen LogP contribution >= 0.6 is 0 Å². The minimum absolute atomic E-state index is 0.0639. The Balaban J connectivity index is 1.86. The number of amides is 2. The van der Waals surface area contributed by atoms with Crippen LogP contribution in [0, 0.1) is 5.92 Å². The van der Waals surface area contributed by atoms with Gasteiger partial charge in [-0.2, -0.15) is 0 Å². The monoisotopic (exact) mass is 339 g/mol. The first-order chi connectivity index (χ1) is 12.1. The summed E-state index contributed by atoms with van der Waals surface area (Å²) in [5.74, 6) is 0.765. The third-order valence-corrected chi connectivity index (χ3v) is 3.95. The third-order valence-electron chi connectivity index (χ3n) is 3.95. The molecule has 3 rings (SSSR count). The van der Waals surface area contributed by atoms with Crippen LogP contribution in [0.15, 0.2) is 42.6 Å². The molecule has 0 aliphatic carbocycles. The summed E-state index contributed by atoms with van der Waals surface area (Å²) in [5.41, 5.74) is 0.901. The molecule has 0 spiro atoms. The second-order valence-electron chi connectivity index (χ2n) is 6.35. The molecule has 0 saturated heterocycles. The highest BCUT2D eigenvalue weighted by Crippen LogP contribution is 2.37. The average Bonchev–Trinajstić information content (AvgIpc) is 2.70. The lowest BCUT2D eigenvalue weighted by Gasteiger charge is -2.21. The van der Waals surface area contributed by atoms with Gasteiger partial charge in [-0.25, -0.2) is 4.98 Å². The van der Waals surface area contributed by atoms with Gasteiger partial charge in [0.1, 0.15) is 12.1 Å². The second kappa shape index (κ2) is 7.34. The van der Waals surface area contributed by atoms with Crippen molar-refractivity contribution in [3.63, 3.8) is 0 Å². The Morgan fingerprint density at radius 1 is 1.24 bits per heavy atom. The molecule has 0 saturated carbocycles. The summed E-state index contributed by atoms with van der Waals surface area (Å²) in [6.45, 7) is 4.73. The Morgan fingerprint density at radius 2 is 2.04 bits per heavy atom. The Hall–Kier alpha value is -2.89. The summed E-state index contributed by atoms with van der Waals surface area (Å²) in [6, 6.07) is 10.5. The minimum atomic E-state index is -0.299. The van der Waals surface area contributed by atoms with E-state index < -0.39 is 0 Å². The predicted octanol–water partition coefficient (Wildman–Crippen LogP) is 3.00. The average molecular weight is 339 g/mol. The second-order valence-corrected chi connectivity index (χ2v) is 6.35. The summed E-state index contributed by atoms with van der Waals surface area (Å²) < 4.78 is 5.79. The summed E-state index contributed by atoms with van der Waals surface area (Å²) in [7, 11) is 0. The predicted molar refractivity (Wildman–Crippen MR) is 94.9 cm³/mol. The SMILES string of the molecule is CC(C)CCNC(=O)CN1C(=O)c2cccnc2Oc2ccccc21. The standard InChI is InChI=1S/C19H21N3O3/c1-13(2)9-11-20-17(23)12-22-15-7-3-4-8-16(15)25-18-14(19(22)24)6-5-10-21-18/h3-8,10,13H,9,11-12H2,1-2H3,(H,20,23). The maximum atomic E-state index is 12.9. The zero-order valence-corrected chi connectivity index (χ0v) is 14.4. The van der Waals surface area contributed by atoms with E-state index in [2.05, 4.69) is 24.1 Å². The van der Waals surface area contributed by atoms with E-state index in [9.17, 15) is 9.59 Å². The number of carbonyl (C=O) groups excluding carboxylic acids is 2. The van der Waals surface area contributed by atoms with Gasteiger partial charge in [-0.1, -0.05) is 26.0 Å². The summed E-state index contributed by atoms with van der Waals surface area (Å²) in [5, 5.41) is 2.87. The highest BCUT2D eigenvalue weighted by atomic mass is 16.5. The molecule has 130 valence electrons. The number of carbonyl (C=O) groups is 2. The van der Waals surface area contributed by atoms with Gasteiger partial charge in [-0.15, -0.1) is 0 Å². The summed E-state index contributed by atoms with van der Waals surface area (Å²) in [6.07, 6.45) is 2.47. The Labute approximate surface area is 146 Å². The number of anilines is 1. The van der Waals surface area contributed by atoms with Crippen LogP contribution in [0.3, 0.4) is 0 Å². The van der Waals surface area contributed by atoms with Gasteiger partial charge < -0.3 is 10.1 Å². The van der Waals surface area contributed by atoms with Gasteiger partial charge in [-0.3, -0.25) is 14.5 Å². The number of rotatable bonds is 5. The van der Waals surface area contributed by atoms with Crippen molar-refractivity contribution in [3.05, 3.63) is 48.2 Å². The molecule has 2 amide bonds. The van der Waals surface area contributed by atoms with Crippen LogP contribution in [0.4, 0.5) is 5.69 Å². The van der Waals surface area contributed by atoms with E-state index in [1.165, 1.54) is 4.90 Å². The molecule has 0 radical (unpaired) electrons. The van der Waals surface area contributed by atoms with Gasteiger partial charge in [0, 0.05) is 12.7 Å². The molecule has 25 heavy (non-hydrogen) atoms. The summed E-state index contributed by atoms with van der Waals surface area (Å²) >= 11 is 0. The Kier molecular flexibility index (Phi) is 4.97. The quantitative estimate of drug-likeness (QED) is 0.909. The van der Waals surface area contributed by atoms with Crippen LogP contribution < -0.4 is 15.0 Å². The number of pyridine rings is 1. The maximum absolute atomic E-state index is 12.9. The van der Waals surface area contributed by atoms with Gasteiger partial charge in [0.25, 0.3) is 5.91 Å². The van der Waals surface area contributed by atoms with Crippen molar-refractivity contribution in [2.75, 3.05) is 18.0 Å². The topological polar surface area (TPSA) is 71.5 Å². The molecule has 6 nitrogen and oxygen atoms in total. The van der Waals surface area contributed by atoms with Crippen molar-refractivity contribution in [1.29, 1.82) is 0 Å². The van der Waals surface area contributed by atoms with E-state index in [0.717, 1.165) is 6.42 Å². The molecule has 2 heterocycles. The molecular weight excluding hydrogens is 318 g/mol. The number of ether oxygens (including phenoxy) is 1. The van der Waals surface area contributed by atoms with Crippen molar-refractivity contribution < 1.29 is 14.3 Å². The van der Waals surface area contributed by atoms with Gasteiger partial charge in [0.15, 0.2) is 5.75 Å². The number of nitrogens with one attached hydrogen (secondary N) is 1. The molecule has 1 aromatic heterocycles. The van der Waals surface area contributed by atoms with Crippen molar-refractivity contribution in [2.24, 2.45) is 5.92 Å². The van der Waals surface area contributed by atoms with E-state index in [4.69, 9.17) is 4.74 Å². The zero-order chi connectivity index (χ0) is 17.8. The number of nitrogens with zero attached hydrogens (tertiary/aromatic N) is 2. The molecule has 2 aromatic rings. The molecule has 1 N–H and O–H groups in total. The lowest BCUT2D eigenvalue weighted by molar-refractivity contribution is -0.119. The third kappa shape index (κ3) is 3.79. The fraction of sp³-hybridized carbons (Fsp3) is 0.316. The molecule has 1 aliphatic heterocycles. The molecule has 0 bridgehead atoms. The van der Waals surface area contributed by atoms with Crippen LogP contribution in [0.2, 0.25) is 0 Å². The largest absolute Gasteiger partial charge is 0.436 e. The van der Waals surface area contributed by atoms with E-state index >= 15 is 0 Å². The lowest BCUT2D eigenvalue weighted by Crippen LogP contribution is -2.41. The van der Waals surface area contributed by atoms with E-state index in [0.29, 0.717) is 29.5 Å². The maximum Gasteiger partial charge on any atom is 0.264 e. The first kappa shape index (κ1) is 17.0. The van der Waals surface area contributed by atoms with Crippen molar-refractivity contribution in [2.45, 2.75) is 20.3 Å². The smallest absolute Gasteiger partial charge is 0.264 e. The fourth-order valence-corrected chi connectivity index (χ4v) is 2.62. The number of hydrogen-bond acceptors (Lipinski definition) is 4. The van der Waals surface area contributed by atoms with E-state index in [1.807, 2.05) is 12.1 Å². The molecule has 1 aromatic carbocycles. The first-order valence-corrected chi connectivity index (χ1v) is 8.36. The summed E-state index contributed by atoms with van der Waals surface area (Å²) in [4.78, 5) is 30.8. The zero-order valence-electron chi connectivity index (χ0n) is 14.4. The molecular formula is C19H21N3O3. The Morgan fingerprint density at radius 3 is 2.84 bits per heavy atom. The van der Waals surface area contributed by atoms with Crippen LogP contribution in [-0.4, -0.2) is 29.9 Å². The molecule has 0 unspecified atom stereocenters. The van der Waals surface area contributed by atoms with Gasteiger partial charge in [-0.05, 0) is 36.6 Å². The molecule has 0 fully saturated rings. The normalized spacial score (nSPS) is 12.9. The number of fused-ring (bicyclic) bond motifs is 2. The van der Waals surface area contributed by atoms with Crippen molar-refractivity contribution in [3.8, 4) is 11.6 Å². The fourth-order valence-electron chi connectivity index (χ4n) is 2.62. The van der Waals surface area contributed by atoms with Crippen molar-refractivity contribution in [1.82, 2.24) is 10.3 Å². The number of aromatic nitrogens is 1. The van der Waals surface area contributed by atoms with Gasteiger partial charge >= 0.3 is 0 Å². The van der Waals surface area contributed by atoms with Crippen molar-refractivity contribution >= 4 is 17.5 Å². The van der Waals surface area contributed by atoms with E-state index in [-0.39, 0.29) is 24.2 Å². The number of hydrogen-bond donors (Lipinski definition) is 1. The highest BCUT2D eigenvalue weighted by Gasteiger charge is 2.29. The van der Waals surface area contributed by atoms with E-state index in [1.54, 1.807) is 30.5 Å². The molecule has 0 atom stereocenters. The van der Waals surface area contributed by atoms with Crippen LogP contribution in [0.25, 0.3) is 0 Å². The van der Waals surface area contributed by atoms with Crippen LogP contribution in [-0.2, 0) is 4.79 Å². The van der Waals surface area contributed by atoms with Crippen LogP contribution in [0.1, 0.15) is 30.6 Å².